The third-order valence-electron chi connectivity index (χ3n) is 3.25. The van der Waals surface area contributed by atoms with Crippen LogP contribution in [0.3, 0.4) is 0 Å². The average molecular weight is 318 g/mol. The summed E-state index contributed by atoms with van der Waals surface area (Å²) in [7, 11) is 1.59. The van der Waals surface area contributed by atoms with E-state index in [1.807, 2.05) is 6.07 Å². The minimum Gasteiger partial charge on any atom is -0.384 e. The quantitative estimate of drug-likeness (QED) is 0.857. The Kier molecular flexibility index (Phi) is 5.66. The minimum absolute atomic E-state index is 0.0835. The summed E-state index contributed by atoms with van der Waals surface area (Å²) in [5, 5.41) is 1.01. The summed E-state index contributed by atoms with van der Waals surface area (Å²) in [5.74, 6) is 0.0835. The second-order valence-corrected chi connectivity index (χ2v) is 5.43. The Bertz CT molecular complexity index is 481. The number of hydrogen-bond donors (Lipinski definition) is 0. The lowest BCUT2D eigenvalue weighted by Crippen LogP contribution is -2.42. The standard InChI is InChI=1S/C14H17Cl2NO3/c1-19-6-4-14(18)17-5-7-20-13(9-17)10-2-3-11(15)12(16)8-10/h2-3,8,13H,4-7,9H2,1H3/t13-/m0/s1. The molecular formula is C14H17Cl2NO3. The molecule has 0 unspecified atom stereocenters. The number of rotatable bonds is 4. The number of nitrogens with zero attached hydrogens (tertiary/aromatic N) is 1. The van der Waals surface area contributed by atoms with Gasteiger partial charge in [-0.05, 0) is 17.7 Å². The van der Waals surface area contributed by atoms with E-state index in [4.69, 9.17) is 32.7 Å². The largest absolute Gasteiger partial charge is 0.384 e. The highest BCUT2D eigenvalue weighted by atomic mass is 35.5. The molecule has 0 N–H and O–H groups in total. The monoisotopic (exact) mass is 317 g/mol. The van der Waals surface area contributed by atoms with Gasteiger partial charge in [0.15, 0.2) is 0 Å². The Morgan fingerprint density at radius 3 is 2.95 bits per heavy atom. The number of carbonyl (C=O) groups excluding carboxylic acids is 1. The van der Waals surface area contributed by atoms with Crippen molar-refractivity contribution in [2.75, 3.05) is 33.4 Å². The van der Waals surface area contributed by atoms with Gasteiger partial charge in [-0.15, -0.1) is 0 Å². The van der Waals surface area contributed by atoms with Crippen LogP contribution in [0.4, 0.5) is 0 Å². The van der Waals surface area contributed by atoms with Gasteiger partial charge in [-0.25, -0.2) is 0 Å². The van der Waals surface area contributed by atoms with Crippen molar-refractivity contribution in [2.24, 2.45) is 0 Å². The predicted octanol–water partition coefficient (Wildman–Crippen LogP) is 2.93. The maximum Gasteiger partial charge on any atom is 0.225 e. The van der Waals surface area contributed by atoms with Gasteiger partial charge >= 0.3 is 0 Å². The molecule has 1 fully saturated rings. The number of halogens is 2. The lowest BCUT2D eigenvalue weighted by molar-refractivity contribution is -0.139. The molecule has 1 atom stereocenters. The van der Waals surface area contributed by atoms with Crippen LogP contribution < -0.4 is 0 Å². The average Bonchev–Trinajstić information content (AvgIpc) is 2.47. The zero-order valence-electron chi connectivity index (χ0n) is 11.3. The van der Waals surface area contributed by atoms with E-state index < -0.39 is 0 Å². The molecule has 0 aliphatic carbocycles. The van der Waals surface area contributed by atoms with Crippen molar-refractivity contribution >= 4 is 29.1 Å². The molecule has 110 valence electrons. The zero-order valence-corrected chi connectivity index (χ0v) is 12.8. The molecule has 0 radical (unpaired) electrons. The molecule has 1 aromatic carbocycles. The Hall–Kier alpha value is -0.810. The van der Waals surface area contributed by atoms with Crippen LogP contribution >= 0.6 is 23.2 Å². The van der Waals surface area contributed by atoms with Crippen LogP contribution in [0.25, 0.3) is 0 Å². The van der Waals surface area contributed by atoms with Crippen LogP contribution in [0.1, 0.15) is 18.1 Å². The van der Waals surface area contributed by atoms with Crippen LogP contribution in [0.2, 0.25) is 10.0 Å². The zero-order chi connectivity index (χ0) is 14.5. The number of hydrogen-bond acceptors (Lipinski definition) is 3. The summed E-state index contributed by atoms with van der Waals surface area (Å²) in [4.78, 5) is 13.8. The molecule has 1 saturated heterocycles. The predicted molar refractivity (Wildman–Crippen MR) is 78.2 cm³/mol. The molecule has 20 heavy (non-hydrogen) atoms. The first-order valence-corrected chi connectivity index (χ1v) is 7.20. The molecule has 1 aromatic rings. The van der Waals surface area contributed by atoms with Gasteiger partial charge < -0.3 is 14.4 Å². The van der Waals surface area contributed by atoms with Gasteiger partial charge in [-0.1, -0.05) is 29.3 Å². The van der Waals surface area contributed by atoms with Gasteiger partial charge in [-0.3, -0.25) is 4.79 Å². The molecule has 1 aliphatic heterocycles. The van der Waals surface area contributed by atoms with E-state index in [1.165, 1.54) is 0 Å². The number of ether oxygens (including phenoxy) is 2. The van der Waals surface area contributed by atoms with E-state index in [0.29, 0.717) is 42.8 Å². The fraction of sp³-hybridized carbons (Fsp3) is 0.500. The first-order valence-electron chi connectivity index (χ1n) is 6.45. The smallest absolute Gasteiger partial charge is 0.225 e. The molecule has 4 nitrogen and oxygen atoms in total. The van der Waals surface area contributed by atoms with Gasteiger partial charge in [0.2, 0.25) is 5.91 Å². The topological polar surface area (TPSA) is 38.8 Å². The molecule has 6 heteroatoms. The van der Waals surface area contributed by atoms with Gasteiger partial charge in [0.25, 0.3) is 0 Å². The van der Waals surface area contributed by atoms with Gasteiger partial charge in [0.1, 0.15) is 6.10 Å². The SMILES string of the molecule is COCCC(=O)N1CCO[C@H](c2ccc(Cl)c(Cl)c2)C1. The summed E-state index contributed by atoms with van der Waals surface area (Å²) in [6, 6.07) is 5.41. The van der Waals surface area contributed by atoms with E-state index >= 15 is 0 Å². The van der Waals surface area contributed by atoms with Crippen LogP contribution in [0, 0.1) is 0 Å². The third kappa shape index (κ3) is 3.85. The van der Waals surface area contributed by atoms with Crippen molar-refractivity contribution in [3.63, 3.8) is 0 Å². The van der Waals surface area contributed by atoms with Crippen LogP contribution in [0.15, 0.2) is 18.2 Å². The van der Waals surface area contributed by atoms with Crippen LogP contribution in [-0.4, -0.2) is 44.2 Å². The van der Waals surface area contributed by atoms with E-state index in [-0.39, 0.29) is 12.0 Å². The van der Waals surface area contributed by atoms with Crippen LogP contribution in [0.5, 0.6) is 0 Å². The Morgan fingerprint density at radius 1 is 1.45 bits per heavy atom. The summed E-state index contributed by atoms with van der Waals surface area (Å²) >= 11 is 11.9. The highest BCUT2D eigenvalue weighted by Gasteiger charge is 2.25. The van der Waals surface area contributed by atoms with Gasteiger partial charge in [0.05, 0.1) is 36.2 Å². The Labute approximate surface area is 128 Å². The first-order chi connectivity index (χ1) is 9.61. The molecule has 0 aromatic heterocycles. The summed E-state index contributed by atoms with van der Waals surface area (Å²) in [6.45, 7) is 2.10. The third-order valence-corrected chi connectivity index (χ3v) is 3.99. The number of morpholine rings is 1. The van der Waals surface area contributed by atoms with Crippen molar-refractivity contribution in [1.29, 1.82) is 0 Å². The highest BCUT2D eigenvalue weighted by Crippen LogP contribution is 2.29. The lowest BCUT2D eigenvalue weighted by Gasteiger charge is -2.33. The first kappa shape index (κ1) is 15.6. The van der Waals surface area contributed by atoms with Crippen molar-refractivity contribution in [2.45, 2.75) is 12.5 Å². The van der Waals surface area contributed by atoms with Gasteiger partial charge in [0, 0.05) is 13.7 Å². The maximum absolute atomic E-state index is 12.0. The second-order valence-electron chi connectivity index (χ2n) is 4.62. The fourth-order valence-electron chi connectivity index (χ4n) is 2.14. The van der Waals surface area contributed by atoms with Crippen molar-refractivity contribution in [3.8, 4) is 0 Å². The van der Waals surface area contributed by atoms with Crippen molar-refractivity contribution in [1.82, 2.24) is 4.90 Å². The number of amides is 1. The minimum atomic E-state index is -0.162. The molecule has 1 heterocycles. The van der Waals surface area contributed by atoms with Gasteiger partial charge in [-0.2, -0.15) is 0 Å². The number of benzene rings is 1. The maximum atomic E-state index is 12.0. The molecule has 0 spiro atoms. The molecule has 0 bridgehead atoms. The fourth-order valence-corrected chi connectivity index (χ4v) is 2.44. The number of carbonyl (C=O) groups is 1. The summed E-state index contributed by atoms with van der Waals surface area (Å²) < 4.78 is 10.6. The van der Waals surface area contributed by atoms with E-state index in [9.17, 15) is 4.79 Å². The second kappa shape index (κ2) is 7.27. The molecule has 1 amide bonds. The molecule has 2 rings (SSSR count). The summed E-state index contributed by atoms with van der Waals surface area (Å²) in [5.41, 5.74) is 0.934. The normalized spacial score (nSPS) is 19.1. The van der Waals surface area contributed by atoms with Crippen molar-refractivity contribution in [3.05, 3.63) is 33.8 Å². The highest BCUT2D eigenvalue weighted by molar-refractivity contribution is 6.42. The Balaban J connectivity index is 2.02. The molecular weight excluding hydrogens is 301 g/mol. The molecule has 1 aliphatic rings. The van der Waals surface area contributed by atoms with Crippen molar-refractivity contribution < 1.29 is 14.3 Å². The van der Waals surface area contributed by atoms with Crippen LogP contribution in [-0.2, 0) is 14.3 Å². The Morgan fingerprint density at radius 2 is 2.25 bits per heavy atom. The molecule has 0 saturated carbocycles. The van der Waals surface area contributed by atoms with E-state index in [1.54, 1.807) is 24.1 Å². The lowest BCUT2D eigenvalue weighted by atomic mass is 10.1. The summed E-state index contributed by atoms with van der Waals surface area (Å²) in [6.07, 6.45) is 0.231. The van der Waals surface area contributed by atoms with E-state index in [2.05, 4.69) is 0 Å². The number of methoxy groups -OCH3 is 1. The van der Waals surface area contributed by atoms with E-state index in [0.717, 1.165) is 5.56 Å².